The van der Waals surface area contributed by atoms with Gasteiger partial charge in [0, 0.05) is 24.7 Å². The van der Waals surface area contributed by atoms with Crippen molar-refractivity contribution in [2.75, 3.05) is 20.3 Å². The molecule has 1 heterocycles. The smallest absolute Gasteiger partial charge is 0.334 e. The summed E-state index contributed by atoms with van der Waals surface area (Å²) in [5.74, 6) is 0.611. The van der Waals surface area contributed by atoms with Gasteiger partial charge in [-0.2, -0.15) is 0 Å². The topological polar surface area (TPSA) is 44.8 Å². The van der Waals surface area contributed by atoms with Gasteiger partial charge in [0.05, 0.1) is 7.11 Å². The van der Waals surface area contributed by atoms with Crippen molar-refractivity contribution in [1.82, 2.24) is 0 Å². The van der Waals surface area contributed by atoms with Crippen LogP contribution < -0.4 is 0 Å². The Balaban J connectivity index is 1.42. The SMILES string of the molecule is COC(=O)C1=C(CCCCOC2CCCCO2)[C@H]2C=C[C@@H]1C2. The minimum Gasteiger partial charge on any atom is -0.466 e. The summed E-state index contributed by atoms with van der Waals surface area (Å²) in [6.45, 7) is 1.57. The van der Waals surface area contributed by atoms with E-state index in [-0.39, 0.29) is 12.3 Å². The first kappa shape index (κ1) is 15.8. The van der Waals surface area contributed by atoms with E-state index in [1.807, 2.05) is 0 Å². The van der Waals surface area contributed by atoms with Gasteiger partial charge in [0.2, 0.25) is 0 Å². The molecule has 3 rings (SSSR count). The summed E-state index contributed by atoms with van der Waals surface area (Å²) in [7, 11) is 1.47. The molecule has 1 unspecified atom stereocenters. The molecule has 4 heteroatoms. The maximum Gasteiger partial charge on any atom is 0.334 e. The highest BCUT2D eigenvalue weighted by Crippen LogP contribution is 2.46. The van der Waals surface area contributed by atoms with Gasteiger partial charge >= 0.3 is 5.97 Å². The maximum atomic E-state index is 12.0. The summed E-state index contributed by atoms with van der Waals surface area (Å²) >= 11 is 0. The number of ether oxygens (including phenoxy) is 3. The van der Waals surface area contributed by atoms with Crippen LogP contribution in [0.2, 0.25) is 0 Å². The number of allylic oxidation sites excluding steroid dienone is 3. The van der Waals surface area contributed by atoms with Crippen molar-refractivity contribution in [2.45, 2.75) is 51.2 Å². The molecule has 0 spiro atoms. The van der Waals surface area contributed by atoms with Crippen LogP contribution >= 0.6 is 0 Å². The molecule has 3 atom stereocenters. The van der Waals surface area contributed by atoms with Crippen LogP contribution in [0.1, 0.15) is 44.9 Å². The lowest BCUT2D eigenvalue weighted by molar-refractivity contribution is -0.162. The molecular weight excluding hydrogens is 280 g/mol. The highest BCUT2D eigenvalue weighted by molar-refractivity contribution is 5.91. The summed E-state index contributed by atoms with van der Waals surface area (Å²) in [6.07, 6.45) is 11.9. The molecule has 0 N–H and O–H groups in total. The van der Waals surface area contributed by atoms with Gasteiger partial charge in [0.1, 0.15) is 0 Å². The minimum absolute atomic E-state index is 0.00372. The van der Waals surface area contributed by atoms with E-state index >= 15 is 0 Å². The van der Waals surface area contributed by atoms with Crippen molar-refractivity contribution in [1.29, 1.82) is 0 Å². The van der Waals surface area contributed by atoms with E-state index in [2.05, 4.69) is 12.2 Å². The van der Waals surface area contributed by atoms with Crippen LogP contribution in [0.25, 0.3) is 0 Å². The standard InChI is InChI=1S/C18H26O4/c1-20-18(19)17-14-9-8-13(12-14)15(17)6-2-4-10-21-16-7-3-5-11-22-16/h8-9,13-14,16H,2-7,10-12H2,1H3/t13-,14+,16?/m0/s1. The minimum atomic E-state index is -0.140. The van der Waals surface area contributed by atoms with Gasteiger partial charge in [-0.25, -0.2) is 4.79 Å². The average Bonchev–Trinajstić information content (AvgIpc) is 3.16. The lowest BCUT2D eigenvalue weighted by Gasteiger charge is -2.22. The molecule has 122 valence electrons. The van der Waals surface area contributed by atoms with Gasteiger partial charge in [0.15, 0.2) is 6.29 Å². The van der Waals surface area contributed by atoms with E-state index in [1.54, 1.807) is 0 Å². The summed E-state index contributed by atoms with van der Waals surface area (Å²) in [5.41, 5.74) is 2.22. The fraction of sp³-hybridized carbons (Fsp3) is 0.722. The molecule has 1 saturated heterocycles. The van der Waals surface area contributed by atoms with Crippen LogP contribution in [0.4, 0.5) is 0 Å². The molecule has 3 aliphatic rings. The molecular formula is C18H26O4. The zero-order valence-corrected chi connectivity index (χ0v) is 13.4. The van der Waals surface area contributed by atoms with Gasteiger partial charge in [0.25, 0.3) is 0 Å². The second-order valence-corrected chi connectivity index (χ2v) is 6.39. The summed E-state index contributed by atoms with van der Waals surface area (Å²) in [5, 5.41) is 0. The fourth-order valence-corrected chi connectivity index (χ4v) is 3.80. The number of rotatable bonds is 7. The Morgan fingerprint density at radius 1 is 1.27 bits per heavy atom. The largest absolute Gasteiger partial charge is 0.466 e. The molecule has 0 amide bonds. The van der Waals surface area contributed by atoms with Crippen molar-refractivity contribution in [3.8, 4) is 0 Å². The Kier molecular flexibility index (Phi) is 5.32. The lowest BCUT2D eigenvalue weighted by atomic mass is 9.93. The second-order valence-electron chi connectivity index (χ2n) is 6.39. The second kappa shape index (κ2) is 7.42. The molecule has 2 bridgehead atoms. The van der Waals surface area contributed by atoms with Crippen molar-refractivity contribution >= 4 is 5.97 Å². The van der Waals surface area contributed by atoms with Gasteiger partial charge < -0.3 is 14.2 Å². The predicted octanol–water partition coefficient (Wildman–Crippen LogP) is 3.38. The third kappa shape index (κ3) is 3.44. The Bertz CT molecular complexity index is 460. The van der Waals surface area contributed by atoms with Crippen LogP contribution in [0.15, 0.2) is 23.3 Å². The Morgan fingerprint density at radius 2 is 2.14 bits per heavy atom. The molecule has 1 fully saturated rings. The molecule has 0 saturated carbocycles. The first-order valence-corrected chi connectivity index (χ1v) is 8.52. The van der Waals surface area contributed by atoms with E-state index in [9.17, 15) is 4.79 Å². The molecule has 0 aromatic rings. The highest BCUT2D eigenvalue weighted by Gasteiger charge is 2.38. The van der Waals surface area contributed by atoms with Crippen LogP contribution in [0.3, 0.4) is 0 Å². The highest BCUT2D eigenvalue weighted by atomic mass is 16.7. The van der Waals surface area contributed by atoms with Crippen molar-refractivity contribution < 1.29 is 19.0 Å². The number of hydrogen-bond acceptors (Lipinski definition) is 4. The normalized spacial score (nSPS) is 30.1. The van der Waals surface area contributed by atoms with Crippen molar-refractivity contribution in [3.05, 3.63) is 23.3 Å². The van der Waals surface area contributed by atoms with E-state index < -0.39 is 0 Å². The first-order valence-electron chi connectivity index (χ1n) is 8.52. The quantitative estimate of drug-likeness (QED) is 0.411. The van der Waals surface area contributed by atoms with Gasteiger partial charge in [-0.1, -0.05) is 17.7 Å². The molecule has 1 aliphatic heterocycles. The van der Waals surface area contributed by atoms with Gasteiger partial charge in [-0.15, -0.1) is 0 Å². The van der Waals surface area contributed by atoms with E-state index in [1.165, 1.54) is 19.1 Å². The molecule has 2 aliphatic carbocycles. The van der Waals surface area contributed by atoms with Crippen LogP contribution in [-0.2, 0) is 19.0 Å². The lowest BCUT2D eigenvalue weighted by Crippen LogP contribution is -2.22. The Labute approximate surface area is 132 Å². The zero-order valence-electron chi connectivity index (χ0n) is 13.4. The number of esters is 1. The average molecular weight is 306 g/mol. The summed E-state index contributed by atoms with van der Waals surface area (Å²) in [6, 6.07) is 0. The van der Waals surface area contributed by atoms with Gasteiger partial charge in [-0.05, 0) is 50.9 Å². The van der Waals surface area contributed by atoms with E-state index in [4.69, 9.17) is 14.2 Å². The monoisotopic (exact) mass is 306 g/mol. The van der Waals surface area contributed by atoms with E-state index in [0.29, 0.717) is 11.8 Å². The fourth-order valence-electron chi connectivity index (χ4n) is 3.80. The third-order valence-electron chi connectivity index (χ3n) is 4.94. The maximum absolute atomic E-state index is 12.0. The number of methoxy groups -OCH3 is 1. The number of carbonyl (C=O) groups excluding carboxylic acids is 1. The molecule has 4 nitrogen and oxygen atoms in total. The molecule has 22 heavy (non-hydrogen) atoms. The zero-order chi connectivity index (χ0) is 15.4. The third-order valence-corrected chi connectivity index (χ3v) is 4.94. The van der Waals surface area contributed by atoms with Crippen molar-refractivity contribution in [2.24, 2.45) is 11.8 Å². The van der Waals surface area contributed by atoms with E-state index in [0.717, 1.165) is 57.3 Å². The first-order chi connectivity index (χ1) is 10.8. The molecule has 0 aromatic carbocycles. The van der Waals surface area contributed by atoms with Crippen LogP contribution in [0.5, 0.6) is 0 Å². The number of hydrogen-bond donors (Lipinski definition) is 0. The van der Waals surface area contributed by atoms with Gasteiger partial charge in [-0.3, -0.25) is 0 Å². The Morgan fingerprint density at radius 3 is 2.91 bits per heavy atom. The summed E-state index contributed by atoms with van der Waals surface area (Å²) < 4.78 is 16.3. The molecule has 0 aromatic heterocycles. The molecule has 0 radical (unpaired) electrons. The number of unbranched alkanes of at least 4 members (excludes halogenated alkanes) is 1. The summed E-state index contributed by atoms with van der Waals surface area (Å²) in [4.78, 5) is 12.0. The number of fused-ring (bicyclic) bond motifs is 2. The van der Waals surface area contributed by atoms with Crippen molar-refractivity contribution in [3.63, 3.8) is 0 Å². The van der Waals surface area contributed by atoms with Crippen LogP contribution in [-0.4, -0.2) is 32.6 Å². The predicted molar refractivity (Wildman–Crippen MR) is 83.2 cm³/mol. The van der Waals surface area contributed by atoms with Crippen LogP contribution in [0, 0.1) is 11.8 Å². The Hall–Kier alpha value is -1.13. The number of carbonyl (C=O) groups is 1.